The lowest BCUT2D eigenvalue weighted by atomic mass is 10.2. The van der Waals surface area contributed by atoms with Gasteiger partial charge in [-0.3, -0.25) is 10.1 Å². The second-order valence-electron chi connectivity index (χ2n) is 6.97. The molecule has 0 atom stereocenters. The number of hydrogen-bond donors (Lipinski definition) is 1. The Balaban J connectivity index is 1.69. The first-order valence-electron chi connectivity index (χ1n) is 8.25. The predicted molar refractivity (Wildman–Crippen MR) is 96.8 cm³/mol. The number of thiazole rings is 1. The molecule has 6 nitrogen and oxygen atoms in total. The zero-order valence-electron chi connectivity index (χ0n) is 14.8. The van der Waals surface area contributed by atoms with Gasteiger partial charge in [-0.25, -0.2) is 14.2 Å². The van der Waals surface area contributed by atoms with Crippen LogP contribution in [0.3, 0.4) is 0 Å². The first-order valence-corrected chi connectivity index (χ1v) is 9.07. The Morgan fingerprint density at radius 1 is 1.31 bits per heavy atom. The molecule has 3 rings (SSSR count). The van der Waals surface area contributed by atoms with Crippen molar-refractivity contribution in [1.82, 2.24) is 9.88 Å². The highest BCUT2D eigenvalue weighted by Crippen LogP contribution is 2.29. The minimum atomic E-state index is -0.581. The smallest absolute Gasteiger partial charge is 0.410 e. The van der Waals surface area contributed by atoms with Gasteiger partial charge in [-0.2, -0.15) is 0 Å². The number of carbonyl (C=O) groups excluding carboxylic acids is 2. The number of fused-ring (bicyclic) bond motifs is 1. The van der Waals surface area contributed by atoms with Crippen LogP contribution in [0.5, 0.6) is 0 Å². The summed E-state index contributed by atoms with van der Waals surface area (Å²) in [5.74, 6) is -1.12. The van der Waals surface area contributed by atoms with Crippen molar-refractivity contribution in [2.45, 2.75) is 39.3 Å². The van der Waals surface area contributed by atoms with Crippen molar-refractivity contribution < 1.29 is 18.7 Å². The molecule has 1 aliphatic heterocycles. The summed E-state index contributed by atoms with van der Waals surface area (Å²) in [7, 11) is 0. The summed E-state index contributed by atoms with van der Waals surface area (Å²) in [5.41, 5.74) is 0.263. The average Bonchev–Trinajstić information content (AvgIpc) is 2.94. The number of nitrogens with one attached hydrogen (secondary N) is 1. The summed E-state index contributed by atoms with van der Waals surface area (Å²) in [5, 5.41) is 3.03. The van der Waals surface area contributed by atoms with E-state index >= 15 is 0 Å². The van der Waals surface area contributed by atoms with E-state index in [-0.39, 0.29) is 11.7 Å². The summed E-state index contributed by atoms with van der Waals surface area (Å²) < 4.78 is 19.1. The number of rotatable bonds is 2. The van der Waals surface area contributed by atoms with Crippen LogP contribution in [0.25, 0.3) is 0 Å². The van der Waals surface area contributed by atoms with E-state index in [1.54, 1.807) is 11.0 Å². The largest absolute Gasteiger partial charge is 0.444 e. The highest BCUT2D eigenvalue weighted by molar-refractivity contribution is 7.15. The van der Waals surface area contributed by atoms with Gasteiger partial charge in [0.15, 0.2) is 5.13 Å². The molecule has 1 aliphatic rings. The van der Waals surface area contributed by atoms with Crippen LogP contribution in [-0.2, 0) is 17.7 Å². The molecule has 2 heterocycles. The number of hydrogen-bond acceptors (Lipinski definition) is 5. The van der Waals surface area contributed by atoms with Gasteiger partial charge < -0.3 is 9.64 Å². The summed E-state index contributed by atoms with van der Waals surface area (Å²) in [6.07, 6.45) is 0.217. The first-order chi connectivity index (χ1) is 12.2. The molecule has 26 heavy (non-hydrogen) atoms. The van der Waals surface area contributed by atoms with Crippen molar-refractivity contribution in [2.24, 2.45) is 0 Å². The molecule has 1 N–H and O–H groups in total. The molecular formula is C18H20FN3O3S. The summed E-state index contributed by atoms with van der Waals surface area (Å²) in [4.78, 5) is 31.3. The molecule has 8 heteroatoms. The van der Waals surface area contributed by atoms with Gasteiger partial charge in [0.2, 0.25) is 0 Å². The van der Waals surface area contributed by atoms with Crippen molar-refractivity contribution in [1.29, 1.82) is 0 Å². The summed E-state index contributed by atoms with van der Waals surface area (Å²) in [6, 6.07) is 5.78. The summed E-state index contributed by atoms with van der Waals surface area (Å²) >= 11 is 1.29. The Kier molecular flexibility index (Phi) is 4.95. The minimum absolute atomic E-state index is 0.0314. The van der Waals surface area contributed by atoms with Gasteiger partial charge in [-0.1, -0.05) is 23.5 Å². The molecule has 0 bridgehead atoms. The van der Waals surface area contributed by atoms with Gasteiger partial charge in [0.1, 0.15) is 11.4 Å². The fraction of sp³-hybridized carbons (Fsp3) is 0.389. The SMILES string of the molecule is CC(C)(C)OC(=O)N1CCc2nc(NC(=O)c3ccccc3F)sc2C1. The number of amides is 2. The lowest BCUT2D eigenvalue weighted by Crippen LogP contribution is -2.39. The van der Waals surface area contributed by atoms with E-state index in [0.717, 1.165) is 10.6 Å². The van der Waals surface area contributed by atoms with Crippen LogP contribution in [0.1, 0.15) is 41.7 Å². The van der Waals surface area contributed by atoms with Crippen LogP contribution < -0.4 is 5.32 Å². The molecule has 0 saturated heterocycles. The van der Waals surface area contributed by atoms with Gasteiger partial charge in [-0.15, -0.1) is 0 Å². The van der Waals surface area contributed by atoms with Gasteiger partial charge in [-0.05, 0) is 32.9 Å². The highest BCUT2D eigenvalue weighted by Gasteiger charge is 2.28. The second-order valence-corrected chi connectivity index (χ2v) is 8.06. The van der Waals surface area contributed by atoms with Crippen LogP contribution in [-0.4, -0.2) is 34.0 Å². The Bertz CT molecular complexity index is 844. The van der Waals surface area contributed by atoms with E-state index < -0.39 is 17.3 Å². The third-order valence-electron chi connectivity index (χ3n) is 3.72. The zero-order chi connectivity index (χ0) is 18.9. The van der Waals surface area contributed by atoms with Gasteiger partial charge in [0, 0.05) is 17.8 Å². The molecule has 0 unspecified atom stereocenters. The van der Waals surface area contributed by atoms with E-state index in [4.69, 9.17) is 4.74 Å². The molecule has 1 aromatic carbocycles. The third-order valence-corrected chi connectivity index (χ3v) is 4.72. The maximum absolute atomic E-state index is 13.7. The first kappa shape index (κ1) is 18.3. The number of halogens is 1. The van der Waals surface area contributed by atoms with Crippen LogP contribution >= 0.6 is 11.3 Å². The van der Waals surface area contributed by atoms with E-state index in [1.165, 1.54) is 29.5 Å². The number of aromatic nitrogens is 1. The molecule has 0 radical (unpaired) electrons. The Morgan fingerprint density at radius 3 is 2.73 bits per heavy atom. The third kappa shape index (κ3) is 4.19. The van der Waals surface area contributed by atoms with Gasteiger partial charge >= 0.3 is 6.09 Å². The number of nitrogens with zero attached hydrogens (tertiary/aromatic N) is 2. The quantitative estimate of drug-likeness (QED) is 0.863. The number of anilines is 1. The molecule has 0 fully saturated rings. The molecule has 2 aromatic rings. The summed E-state index contributed by atoms with van der Waals surface area (Å²) in [6.45, 7) is 6.36. The lowest BCUT2D eigenvalue weighted by Gasteiger charge is -2.29. The maximum Gasteiger partial charge on any atom is 0.410 e. The van der Waals surface area contributed by atoms with E-state index in [9.17, 15) is 14.0 Å². The van der Waals surface area contributed by atoms with Crippen LogP contribution in [0.15, 0.2) is 24.3 Å². The Labute approximate surface area is 155 Å². The lowest BCUT2D eigenvalue weighted by molar-refractivity contribution is 0.0225. The molecule has 2 amide bonds. The van der Waals surface area contributed by atoms with Gasteiger partial charge in [0.05, 0.1) is 17.8 Å². The second kappa shape index (κ2) is 7.03. The molecule has 0 spiro atoms. The van der Waals surface area contributed by atoms with Crippen LogP contribution in [0.2, 0.25) is 0 Å². The Hall–Kier alpha value is -2.48. The average molecular weight is 377 g/mol. The molecule has 0 saturated carbocycles. The van der Waals surface area contributed by atoms with Gasteiger partial charge in [0.25, 0.3) is 5.91 Å². The highest BCUT2D eigenvalue weighted by atomic mass is 32.1. The number of carbonyl (C=O) groups is 2. The molecule has 1 aromatic heterocycles. The maximum atomic E-state index is 13.7. The van der Waals surface area contributed by atoms with Crippen LogP contribution in [0.4, 0.5) is 14.3 Å². The zero-order valence-corrected chi connectivity index (χ0v) is 15.7. The van der Waals surface area contributed by atoms with Crippen molar-refractivity contribution in [3.8, 4) is 0 Å². The van der Waals surface area contributed by atoms with E-state index in [2.05, 4.69) is 10.3 Å². The van der Waals surface area contributed by atoms with E-state index in [0.29, 0.717) is 24.6 Å². The minimum Gasteiger partial charge on any atom is -0.444 e. The molecule has 0 aliphatic carbocycles. The van der Waals surface area contributed by atoms with Crippen LogP contribution in [0, 0.1) is 5.82 Å². The van der Waals surface area contributed by atoms with Crippen molar-refractivity contribution in [3.63, 3.8) is 0 Å². The van der Waals surface area contributed by atoms with E-state index in [1.807, 2.05) is 20.8 Å². The monoisotopic (exact) mass is 377 g/mol. The fourth-order valence-corrected chi connectivity index (χ4v) is 3.56. The topological polar surface area (TPSA) is 71.5 Å². The predicted octanol–water partition coefficient (Wildman–Crippen LogP) is 3.83. The van der Waals surface area contributed by atoms with Crippen molar-refractivity contribution in [3.05, 3.63) is 46.2 Å². The Morgan fingerprint density at radius 2 is 2.04 bits per heavy atom. The van der Waals surface area contributed by atoms with Crippen molar-refractivity contribution >= 4 is 28.5 Å². The standard InChI is InChI=1S/C18H20FN3O3S/c1-18(2,3)25-17(24)22-9-8-13-14(10-22)26-16(20-13)21-15(23)11-6-4-5-7-12(11)19/h4-7H,8-10H2,1-3H3,(H,20,21,23). The van der Waals surface area contributed by atoms with Crippen molar-refractivity contribution in [2.75, 3.05) is 11.9 Å². The fourth-order valence-electron chi connectivity index (χ4n) is 2.54. The number of ether oxygens (including phenoxy) is 1. The number of benzene rings is 1. The normalized spacial score (nSPS) is 13.9. The molecule has 138 valence electrons. The molecular weight excluding hydrogens is 357 g/mol.